The van der Waals surface area contributed by atoms with Crippen LogP contribution in [0.4, 0.5) is 11.4 Å². The summed E-state index contributed by atoms with van der Waals surface area (Å²) in [5.41, 5.74) is 7.46. The van der Waals surface area contributed by atoms with Crippen LogP contribution in [0.25, 0.3) is 0 Å². The van der Waals surface area contributed by atoms with E-state index in [-0.39, 0.29) is 5.91 Å². The van der Waals surface area contributed by atoms with Crippen molar-refractivity contribution in [2.45, 2.75) is 19.3 Å². The Labute approximate surface area is 108 Å². The third-order valence-corrected chi connectivity index (χ3v) is 3.39. The van der Waals surface area contributed by atoms with E-state index in [9.17, 15) is 4.79 Å². The first-order chi connectivity index (χ1) is 8.66. The average molecular weight is 247 g/mol. The van der Waals surface area contributed by atoms with Gasteiger partial charge in [0, 0.05) is 31.5 Å². The minimum absolute atomic E-state index is 0.208. The monoisotopic (exact) mass is 247 g/mol. The Balaban J connectivity index is 1.94. The lowest BCUT2D eigenvalue weighted by molar-refractivity contribution is -0.130. The summed E-state index contributed by atoms with van der Waals surface area (Å²) in [6.45, 7) is 2.23. The number of rotatable bonds is 3. The molecule has 1 saturated heterocycles. The molecule has 0 aromatic heterocycles. The van der Waals surface area contributed by atoms with Crippen LogP contribution in [0.3, 0.4) is 0 Å². The smallest absolute Gasteiger partial charge is 0.242 e. The molecular weight excluding hydrogens is 226 g/mol. The summed E-state index contributed by atoms with van der Waals surface area (Å²) in [5, 5.41) is 0. The first-order valence-corrected chi connectivity index (χ1v) is 6.51. The third kappa shape index (κ3) is 3.15. The van der Waals surface area contributed by atoms with Crippen LogP contribution in [-0.2, 0) is 4.79 Å². The van der Waals surface area contributed by atoms with Gasteiger partial charge in [0.25, 0.3) is 0 Å². The van der Waals surface area contributed by atoms with E-state index in [0.717, 1.165) is 37.3 Å². The fraction of sp³-hybridized carbons (Fsp3) is 0.500. The number of nitrogens with zero attached hydrogens (tertiary/aromatic N) is 2. The number of piperidine rings is 1. The Bertz CT molecular complexity index is 413. The number of anilines is 2. The van der Waals surface area contributed by atoms with E-state index >= 15 is 0 Å². The maximum absolute atomic E-state index is 12.1. The molecule has 0 aliphatic carbocycles. The Hall–Kier alpha value is -1.71. The van der Waals surface area contributed by atoms with Crippen LogP contribution in [0, 0.1) is 0 Å². The van der Waals surface area contributed by atoms with Gasteiger partial charge in [-0.3, -0.25) is 4.79 Å². The number of carbonyl (C=O) groups excluding carboxylic acids is 1. The number of nitrogens with two attached hydrogens (primary N) is 1. The highest BCUT2D eigenvalue weighted by Gasteiger charge is 2.17. The molecule has 2 rings (SSSR count). The Kier molecular flexibility index (Phi) is 4.07. The van der Waals surface area contributed by atoms with E-state index in [1.807, 2.05) is 41.1 Å². The highest BCUT2D eigenvalue weighted by molar-refractivity contribution is 5.81. The molecule has 1 amide bonds. The lowest BCUT2D eigenvalue weighted by atomic mass is 10.1. The van der Waals surface area contributed by atoms with Crippen molar-refractivity contribution in [1.29, 1.82) is 0 Å². The van der Waals surface area contributed by atoms with Crippen LogP contribution >= 0.6 is 0 Å². The molecule has 0 radical (unpaired) electrons. The number of likely N-dealkylation sites (N-methyl/N-ethyl adjacent to an activating group) is 1. The largest absolute Gasteiger partial charge is 0.399 e. The van der Waals surface area contributed by atoms with Gasteiger partial charge in [-0.2, -0.15) is 0 Å². The van der Waals surface area contributed by atoms with Gasteiger partial charge in [-0.25, -0.2) is 0 Å². The quantitative estimate of drug-likeness (QED) is 0.827. The number of hydrogen-bond donors (Lipinski definition) is 1. The lowest BCUT2D eigenvalue weighted by Gasteiger charge is -2.29. The Morgan fingerprint density at radius 2 is 2.06 bits per heavy atom. The fourth-order valence-corrected chi connectivity index (χ4v) is 2.30. The molecule has 4 heteroatoms. The molecule has 1 aromatic rings. The maximum atomic E-state index is 12.1. The summed E-state index contributed by atoms with van der Waals surface area (Å²) >= 11 is 0. The van der Waals surface area contributed by atoms with Crippen molar-refractivity contribution in [1.82, 2.24) is 4.90 Å². The lowest BCUT2D eigenvalue weighted by Crippen LogP contribution is -2.41. The number of benzene rings is 1. The predicted molar refractivity (Wildman–Crippen MR) is 74.6 cm³/mol. The van der Waals surface area contributed by atoms with E-state index in [1.165, 1.54) is 6.42 Å². The second kappa shape index (κ2) is 5.76. The van der Waals surface area contributed by atoms with Gasteiger partial charge in [-0.05, 0) is 37.5 Å². The van der Waals surface area contributed by atoms with Crippen molar-refractivity contribution >= 4 is 17.3 Å². The summed E-state index contributed by atoms with van der Waals surface area (Å²) in [6.07, 6.45) is 3.51. The first kappa shape index (κ1) is 12.7. The zero-order chi connectivity index (χ0) is 13.0. The van der Waals surface area contributed by atoms with E-state index in [4.69, 9.17) is 5.73 Å². The number of hydrogen-bond acceptors (Lipinski definition) is 3. The molecule has 1 heterocycles. The topological polar surface area (TPSA) is 49.6 Å². The maximum Gasteiger partial charge on any atom is 0.242 e. The molecule has 1 aromatic carbocycles. The predicted octanol–water partition coefficient (Wildman–Crippen LogP) is 1.72. The van der Waals surface area contributed by atoms with Crippen molar-refractivity contribution in [2.24, 2.45) is 0 Å². The van der Waals surface area contributed by atoms with E-state index < -0.39 is 0 Å². The first-order valence-electron chi connectivity index (χ1n) is 6.51. The number of nitrogen functional groups attached to an aromatic ring is 1. The van der Waals surface area contributed by atoms with Crippen molar-refractivity contribution in [3.05, 3.63) is 24.3 Å². The molecule has 2 N–H and O–H groups in total. The molecule has 4 nitrogen and oxygen atoms in total. The summed E-state index contributed by atoms with van der Waals surface area (Å²) in [4.78, 5) is 16.0. The summed E-state index contributed by atoms with van der Waals surface area (Å²) in [7, 11) is 1.93. The van der Waals surface area contributed by atoms with Crippen LogP contribution < -0.4 is 10.6 Å². The van der Waals surface area contributed by atoms with Gasteiger partial charge in [-0.15, -0.1) is 0 Å². The summed E-state index contributed by atoms with van der Waals surface area (Å²) < 4.78 is 0. The molecule has 1 fully saturated rings. The van der Waals surface area contributed by atoms with Gasteiger partial charge in [0.2, 0.25) is 5.91 Å². The number of likely N-dealkylation sites (tertiary alicyclic amines) is 1. The third-order valence-electron chi connectivity index (χ3n) is 3.39. The van der Waals surface area contributed by atoms with Crippen LogP contribution in [-0.4, -0.2) is 37.5 Å². The second-order valence-electron chi connectivity index (χ2n) is 4.89. The van der Waals surface area contributed by atoms with E-state index in [1.54, 1.807) is 0 Å². The van der Waals surface area contributed by atoms with Gasteiger partial charge in [0.15, 0.2) is 0 Å². The minimum Gasteiger partial charge on any atom is -0.399 e. The fourth-order valence-electron chi connectivity index (χ4n) is 2.30. The zero-order valence-electron chi connectivity index (χ0n) is 10.9. The van der Waals surface area contributed by atoms with E-state index in [0.29, 0.717) is 6.54 Å². The SMILES string of the molecule is CN(CC(=O)N1CCCCC1)c1cccc(N)c1. The number of carbonyl (C=O) groups is 1. The molecule has 18 heavy (non-hydrogen) atoms. The standard InChI is InChI=1S/C14H21N3O/c1-16(13-7-5-6-12(15)10-13)11-14(18)17-8-3-2-4-9-17/h5-7,10H,2-4,8-9,11,15H2,1H3. The van der Waals surface area contributed by atoms with Crippen molar-refractivity contribution < 1.29 is 4.79 Å². The van der Waals surface area contributed by atoms with Crippen molar-refractivity contribution in [3.8, 4) is 0 Å². The molecular formula is C14H21N3O. The van der Waals surface area contributed by atoms with Crippen LogP contribution in [0.2, 0.25) is 0 Å². The normalized spacial score (nSPS) is 15.5. The van der Waals surface area contributed by atoms with Crippen molar-refractivity contribution in [3.63, 3.8) is 0 Å². The Morgan fingerprint density at radius 3 is 2.72 bits per heavy atom. The molecule has 1 aliphatic heterocycles. The average Bonchev–Trinajstić information content (AvgIpc) is 2.39. The minimum atomic E-state index is 0.208. The van der Waals surface area contributed by atoms with E-state index in [2.05, 4.69) is 0 Å². The van der Waals surface area contributed by atoms with Crippen LogP contribution in [0.1, 0.15) is 19.3 Å². The molecule has 98 valence electrons. The summed E-state index contributed by atoms with van der Waals surface area (Å²) in [5.74, 6) is 0.208. The van der Waals surface area contributed by atoms with Crippen LogP contribution in [0.15, 0.2) is 24.3 Å². The Morgan fingerprint density at radius 1 is 1.33 bits per heavy atom. The molecule has 0 saturated carbocycles. The molecule has 1 aliphatic rings. The number of amides is 1. The van der Waals surface area contributed by atoms with Gasteiger partial charge in [0.1, 0.15) is 0 Å². The van der Waals surface area contributed by atoms with Gasteiger partial charge in [-0.1, -0.05) is 6.07 Å². The zero-order valence-corrected chi connectivity index (χ0v) is 10.9. The second-order valence-corrected chi connectivity index (χ2v) is 4.89. The van der Waals surface area contributed by atoms with Gasteiger partial charge in [0.05, 0.1) is 6.54 Å². The molecule has 0 spiro atoms. The highest BCUT2D eigenvalue weighted by Crippen LogP contribution is 2.16. The summed E-state index contributed by atoms with van der Waals surface area (Å²) in [6, 6.07) is 7.62. The van der Waals surface area contributed by atoms with Gasteiger partial charge < -0.3 is 15.5 Å². The van der Waals surface area contributed by atoms with Crippen LogP contribution in [0.5, 0.6) is 0 Å². The van der Waals surface area contributed by atoms with Crippen molar-refractivity contribution in [2.75, 3.05) is 37.3 Å². The van der Waals surface area contributed by atoms with Gasteiger partial charge >= 0.3 is 0 Å². The highest BCUT2D eigenvalue weighted by atomic mass is 16.2. The molecule has 0 unspecified atom stereocenters. The molecule has 0 atom stereocenters. The molecule has 0 bridgehead atoms.